The van der Waals surface area contributed by atoms with E-state index in [9.17, 15) is 14.4 Å². The van der Waals surface area contributed by atoms with Crippen molar-refractivity contribution in [2.45, 2.75) is 72.1 Å². The van der Waals surface area contributed by atoms with E-state index >= 15 is 0 Å². The van der Waals surface area contributed by atoms with E-state index in [1.807, 2.05) is 25.3 Å². The number of aromatic nitrogens is 3. The van der Waals surface area contributed by atoms with Crippen LogP contribution in [0.1, 0.15) is 65.2 Å². The molecule has 3 heterocycles. The molecule has 1 aromatic heterocycles. The summed E-state index contributed by atoms with van der Waals surface area (Å²) in [7, 11) is 0. The average molecular weight is 418 g/mol. The summed E-state index contributed by atoms with van der Waals surface area (Å²) >= 11 is 0. The third-order valence-electron chi connectivity index (χ3n) is 5.41. The normalized spacial score (nSPS) is 19.5. The standard InChI is InChI=1S/C21H31N5O4/c1-6-17(28)22-18(13(2)3)19-24-23-16-7-8-25(9-10-26(16)19)20(29)15-11-14(27)12-21(4,5)30-15/h11,13,18H,6-10,12H2,1-5H3,(H,22,28)/t18-/m0/s1. The van der Waals surface area contributed by atoms with Crippen molar-refractivity contribution < 1.29 is 19.1 Å². The van der Waals surface area contributed by atoms with Crippen LogP contribution >= 0.6 is 0 Å². The van der Waals surface area contributed by atoms with Crippen molar-refractivity contribution in [1.82, 2.24) is 25.0 Å². The van der Waals surface area contributed by atoms with Crippen LogP contribution in [0.2, 0.25) is 0 Å². The molecule has 3 rings (SSSR count). The largest absolute Gasteiger partial charge is 0.481 e. The highest BCUT2D eigenvalue weighted by Gasteiger charge is 2.35. The van der Waals surface area contributed by atoms with Crippen LogP contribution in [0.25, 0.3) is 0 Å². The Bertz CT molecular complexity index is 871. The van der Waals surface area contributed by atoms with E-state index in [0.29, 0.717) is 38.3 Å². The number of fused-ring (bicyclic) bond motifs is 1. The highest BCUT2D eigenvalue weighted by Crippen LogP contribution is 2.27. The van der Waals surface area contributed by atoms with Gasteiger partial charge in [-0.15, -0.1) is 10.2 Å². The minimum Gasteiger partial charge on any atom is -0.481 e. The highest BCUT2D eigenvalue weighted by molar-refractivity contribution is 6.01. The van der Waals surface area contributed by atoms with Crippen molar-refractivity contribution in [2.75, 3.05) is 13.1 Å². The quantitative estimate of drug-likeness (QED) is 0.779. The van der Waals surface area contributed by atoms with E-state index in [1.54, 1.807) is 18.7 Å². The van der Waals surface area contributed by atoms with Gasteiger partial charge in [0.1, 0.15) is 11.4 Å². The Morgan fingerprint density at radius 3 is 2.60 bits per heavy atom. The second-order valence-corrected chi connectivity index (χ2v) is 8.82. The SMILES string of the molecule is CCC(=O)N[C@H](c1nnc2n1CCN(C(=O)C1=CC(=O)CC(C)(C)O1)CC2)C(C)C. The lowest BCUT2D eigenvalue weighted by atomic mass is 9.98. The third kappa shape index (κ3) is 4.71. The van der Waals surface area contributed by atoms with Crippen LogP contribution in [0.3, 0.4) is 0 Å². The molecule has 0 aromatic carbocycles. The number of rotatable bonds is 5. The van der Waals surface area contributed by atoms with Crippen molar-refractivity contribution in [3.63, 3.8) is 0 Å². The second kappa shape index (κ2) is 8.57. The first kappa shape index (κ1) is 22.0. The molecular formula is C21H31N5O4. The zero-order valence-corrected chi connectivity index (χ0v) is 18.4. The van der Waals surface area contributed by atoms with Crippen LogP contribution in [0.4, 0.5) is 0 Å². The molecule has 9 heteroatoms. The molecule has 0 radical (unpaired) electrons. The van der Waals surface area contributed by atoms with Crippen LogP contribution in [0, 0.1) is 5.92 Å². The lowest BCUT2D eigenvalue weighted by Crippen LogP contribution is -2.40. The number of nitrogens with one attached hydrogen (secondary N) is 1. The van der Waals surface area contributed by atoms with Crippen LogP contribution < -0.4 is 5.32 Å². The Labute approximate surface area is 176 Å². The van der Waals surface area contributed by atoms with Crippen LogP contribution in [-0.2, 0) is 32.1 Å². The molecule has 2 amide bonds. The van der Waals surface area contributed by atoms with Crippen molar-refractivity contribution in [3.8, 4) is 0 Å². The molecule has 30 heavy (non-hydrogen) atoms. The fraction of sp³-hybridized carbons (Fsp3) is 0.667. The Hall–Kier alpha value is -2.71. The van der Waals surface area contributed by atoms with E-state index in [1.165, 1.54) is 6.08 Å². The summed E-state index contributed by atoms with van der Waals surface area (Å²) in [6, 6.07) is -0.247. The number of allylic oxidation sites excluding steroid dienone is 1. The molecule has 9 nitrogen and oxygen atoms in total. The van der Waals surface area contributed by atoms with Gasteiger partial charge in [-0.25, -0.2) is 0 Å². The summed E-state index contributed by atoms with van der Waals surface area (Å²) in [6.45, 7) is 10.9. The molecule has 1 aromatic rings. The lowest BCUT2D eigenvalue weighted by molar-refractivity contribution is -0.138. The third-order valence-corrected chi connectivity index (χ3v) is 5.41. The Morgan fingerprint density at radius 1 is 1.23 bits per heavy atom. The van der Waals surface area contributed by atoms with Gasteiger partial charge >= 0.3 is 0 Å². The van der Waals surface area contributed by atoms with Crippen molar-refractivity contribution in [1.29, 1.82) is 0 Å². The Kier molecular flexibility index (Phi) is 6.28. The summed E-state index contributed by atoms with van der Waals surface area (Å²) in [5.41, 5.74) is -0.686. The molecule has 0 fully saturated rings. The molecule has 0 aliphatic carbocycles. The van der Waals surface area contributed by atoms with Gasteiger partial charge in [0.15, 0.2) is 17.4 Å². The molecule has 0 spiro atoms. The molecule has 0 bridgehead atoms. The van der Waals surface area contributed by atoms with E-state index in [4.69, 9.17) is 4.74 Å². The summed E-state index contributed by atoms with van der Waals surface area (Å²) in [5.74, 6) is 1.32. The highest BCUT2D eigenvalue weighted by atomic mass is 16.5. The zero-order chi connectivity index (χ0) is 22.1. The topological polar surface area (TPSA) is 106 Å². The van der Waals surface area contributed by atoms with Gasteiger partial charge in [-0.2, -0.15) is 0 Å². The monoisotopic (exact) mass is 417 g/mol. The Balaban J connectivity index is 1.77. The lowest BCUT2D eigenvalue weighted by Gasteiger charge is -2.32. The first-order valence-electron chi connectivity index (χ1n) is 10.6. The maximum atomic E-state index is 13.0. The molecule has 0 saturated heterocycles. The summed E-state index contributed by atoms with van der Waals surface area (Å²) in [4.78, 5) is 38.7. The van der Waals surface area contributed by atoms with Crippen molar-refractivity contribution >= 4 is 17.6 Å². The molecule has 0 unspecified atom stereocenters. The van der Waals surface area contributed by atoms with Crippen LogP contribution in [0.5, 0.6) is 0 Å². The summed E-state index contributed by atoms with van der Waals surface area (Å²) in [5, 5.41) is 11.7. The number of hydrogen-bond donors (Lipinski definition) is 1. The molecular weight excluding hydrogens is 386 g/mol. The van der Waals surface area contributed by atoms with Gasteiger partial charge in [-0.3, -0.25) is 14.4 Å². The van der Waals surface area contributed by atoms with E-state index < -0.39 is 5.60 Å². The minimum atomic E-state index is -0.686. The van der Waals surface area contributed by atoms with E-state index in [-0.39, 0.29) is 41.7 Å². The minimum absolute atomic E-state index is 0.0369. The molecule has 2 aliphatic rings. The van der Waals surface area contributed by atoms with Gasteiger partial charge in [-0.05, 0) is 19.8 Å². The van der Waals surface area contributed by atoms with Gasteiger partial charge in [0.25, 0.3) is 5.91 Å². The van der Waals surface area contributed by atoms with Gasteiger partial charge in [0.05, 0.1) is 6.04 Å². The first-order chi connectivity index (χ1) is 14.1. The molecule has 0 saturated carbocycles. The molecule has 1 atom stereocenters. The number of amides is 2. The number of ketones is 1. The molecule has 1 N–H and O–H groups in total. The zero-order valence-electron chi connectivity index (χ0n) is 18.4. The smallest absolute Gasteiger partial charge is 0.289 e. The fourth-order valence-corrected chi connectivity index (χ4v) is 3.82. The fourth-order valence-electron chi connectivity index (χ4n) is 3.82. The average Bonchev–Trinajstić information content (AvgIpc) is 2.93. The molecule has 164 valence electrons. The number of hydrogen-bond acceptors (Lipinski definition) is 6. The van der Waals surface area contributed by atoms with Gasteiger partial charge in [0, 0.05) is 45.0 Å². The van der Waals surface area contributed by atoms with Gasteiger partial charge in [-0.1, -0.05) is 20.8 Å². The van der Waals surface area contributed by atoms with Crippen molar-refractivity contribution in [3.05, 3.63) is 23.5 Å². The summed E-state index contributed by atoms with van der Waals surface area (Å²) < 4.78 is 7.77. The van der Waals surface area contributed by atoms with Gasteiger partial charge in [0.2, 0.25) is 5.91 Å². The maximum Gasteiger partial charge on any atom is 0.289 e. The predicted octanol–water partition coefficient (Wildman–Crippen LogP) is 1.54. The van der Waals surface area contributed by atoms with E-state index in [0.717, 1.165) is 5.82 Å². The maximum absolute atomic E-state index is 13.0. The second-order valence-electron chi connectivity index (χ2n) is 8.82. The number of ether oxygens (including phenoxy) is 1. The number of carbonyl (C=O) groups is 3. The molecule has 2 aliphatic heterocycles. The van der Waals surface area contributed by atoms with E-state index in [2.05, 4.69) is 15.5 Å². The predicted molar refractivity (Wildman–Crippen MR) is 109 cm³/mol. The van der Waals surface area contributed by atoms with Crippen LogP contribution in [0.15, 0.2) is 11.8 Å². The Morgan fingerprint density at radius 2 is 1.97 bits per heavy atom. The number of nitrogens with zero attached hydrogens (tertiary/aromatic N) is 4. The van der Waals surface area contributed by atoms with Crippen LogP contribution in [-0.4, -0.2) is 56.0 Å². The van der Waals surface area contributed by atoms with Gasteiger partial charge < -0.3 is 19.5 Å². The summed E-state index contributed by atoms with van der Waals surface area (Å²) in [6.07, 6.45) is 2.50. The van der Waals surface area contributed by atoms with Crippen molar-refractivity contribution in [2.24, 2.45) is 5.92 Å². The number of carbonyl (C=O) groups excluding carboxylic acids is 3. The first-order valence-corrected chi connectivity index (χ1v) is 10.6.